The van der Waals surface area contributed by atoms with Crippen molar-refractivity contribution >= 4 is 23.2 Å². The average Bonchev–Trinajstić information content (AvgIpc) is 2.54. The number of benzene rings is 2. The van der Waals surface area contributed by atoms with Crippen molar-refractivity contribution in [2.75, 3.05) is 26.2 Å². The fourth-order valence-corrected chi connectivity index (χ4v) is 3.34. The lowest BCUT2D eigenvalue weighted by Crippen LogP contribution is -2.45. The predicted octanol–water partition coefficient (Wildman–Crippen LogP) is 4.59. The SMILES string of the molecule is Fc1ccc(CN2CCN(Cc3ccc(F)cc3Cl)CC2)c(Cl)c1. The third-order valence-corrected chi connectivity index (χ3v) is 4.99. The van der Waals surface area contributed by atoms with E-state index in [1.807, 2.05) is 0 Å². The quantitative estimate of drug-likeness (QED) is 0.776. The Hall–Kier alpha value is -1.20. The van der Waals surface area contributed by atoms with Crippen LogP contribution in [0.15, 0.2) is 36.4 Å². The van der Waals surface area contributed by atoms with Crippen LogP contribution >= 0.6 is 23.2 Å². The highest BCUT2D eigenvalue weighted by atomic mass is 35.5. The number of hydrogen-bond donors (Lipinski definition) is 0. The molecular weight excluding hydrogens is 353 g/mol. The van der Waals surface area contributed by atoms with Crippen LogP contribution in [-0.2, 0) is 13.1 Å². The van der Waals surface area contributed by atoms with Crippen LogP contribution in [0.25, 0.3) is 0 Å². The van der Waals surface area contributed by atoms with E-state index in [0.717, 1.165) is 37.3 Å². The first-order valence-electron chi connectivity index (χ1n) is 7.84. The topological polar surface area (TPSA) is 6.48 Å². The van der Waals surface area contributed by atoms with Crippen molar-refractivity contribution in [2.24, 2.45) is 0 Å². The molecule has 1 heterocycles. The van der Waals surface area contributed by atoms with Gasteiger partial charge in [-0.1, -0.05) is 35.3 Å². The Morgan fingerprint density at radius 1 is 0.708 bits per heavy atom. The number of nitrogens with zero attached hydrogens (tertiary/aromatic N) is 2. The van der Waals surface area contributed by atoms with Crippen LogP contribution < -0.4 is 0 Å². The number of piperazine rings is 1. The van der Waals surface area contributed by atoms with Crippen LogP contribution in [0, 0.1) is 11.6 Å². The van der Waals surface area contributed by atoms with Crippen LogP contribution in [0.3, 0.4) is 0 Å². The Labute approximate surface area is 150 Å². The molecule has 1 aliphatic heterocycles. The zero-order chi connectivity index (χ0) is 17.1. The Morgan fingerprint density at radius 3 is 1.42 bits per heavy atom. The third-order valence-electron chi connectivity index (χ3n) is 4.28. The van der Waals surface area contributed by atoms with E-state index >= 15 is 0 Å². The molecule has 3 rings (SSSR count). The van der Waals surface area contributed by atoms with Crippen LogP contribution in [0.5, 0.6) is 0 Å². The molecule has 0 spiro atoms. The fraction of sp³-hybridized carbons (Fsp3) is 0.333. The molecule has 0 unspecified atom stereocenters. The molecule has 0 aromatic heterocycles. The van der Waals surface area contributed by atoms with Crippen molar-refractivity contribution in [3.63, 3.8) is 0 Å². The molecule has 0 atom stereocenters. The Morgan fingerprint density at radius 2 is 1.08 bits per heavy atom. The molecule has 0 radical (unpaired) electrons. The first kappa shape index (κ1) is 17.6. The van der Waals surface area contributed by atoms with Gasteiger partial charge in [0.25, 0.3) is 0 Å². The second-order valence-corrected chi connectivity index (χ2v) is 6.84. The van der Waals surface area contributed by atoms with Gasteiger partial charge >= 0.3 is 0 Å². The summed E-state index contributed by atoms with van der Waals surface area (Å²) >= 11 is 12.2. The molecule has 2 nitrogen and oxygen atoms in total. The highest BCUT2D eigenvalue weighted by Crippen LogP contribution is 2.22. The first-order valence-corrected chi connectivity index (χ1v) is 8.59. The van der Waals surface area contributed by atoms with Gasteiger partial charge in [-0.3, -0.25) is 9.80 Å². The van der Waals surface area contributed by atoms with Crippen LogP contribution in [-0.4, -0.2) is 36.0 Å². The van der Waals surface area contributed by atoms with E-state index in [-0.39, 0.29) is 11.6 Å². The summed E-state index contributed by atoms with van der Waals surface area (Å²) in [6.07, 6.45) is 0. The molecule has 1 fully saturated rings. The van der Waals surface area contributed by atoms with Gasteiger partial charge in [-0.2, -0.15) is 0 Å². The number of rotatable bonds is 4. The third kappa shape index (κ3) is 4.45. The summed E-state index contributed by atoms with van der Waals surface area (Å²) in [5.74, 6) is -0.630. The van der Waals surface area contributed by atoms with E-state index in [9.17, 15) is 8.78 Å². The van der Waals surface area contributed by atoms with Gasteiger partial charge in [0.2, 0.25) is 0 Å². The van der Waals surface area contributed by atoms with E-state index in [1.54, 1.807) is 12.1 Å². The molecule has 1 aliphatic rings. The van der Waals surface area contributed by atoms with Crippen molar-refractivity contribution in [3.05, 3.63) is 69.2 Å². The van der Waals surface area contributed by atoms with Gasteiger partial charge < -0.3 is 0 Å². The monoisotopic (exact) mass is 370 g/mol. The minimum Gasteiger partial charge on any atom is -0.296 e. The van der Waals surface area contributed by atoms with Gasteiger partial charge in [-0.05, 0) is 35.4 Å². The smallest absolute Gasteiger partial charge is 0.124 e. The lowest BCUT2D eigenvalue weighted by Gasteiger charge is -2.35. The van der Waals surface area contributed by atoms with Gasteiger partial charge in [0.1, 0.15) is 11.6 Å². The number of halogens is 4. The van der Waals surface area contributed by atoms with E-state index in [1.165, 1.54) is 24.3 Å². The normalized spacial score (nSPS) is 16.5. The van der Waals surface area contributed by atoms with E-state index < -0.39 is 0 Å². The van der Waals surface area contributed by atoms with Crippen LogP contribution in [0.1, 0.15) is 11.1 Å². The minimum atomic E-state index is -0.315. The van der Waals surface area contributed by atoms with Crippen molar-refractivity contribution in [1.29, 1.82) is 0 Å². The summed E-state index contributed by atoms with van der Waals surface area (Å²) in [6, 6.07) is 9.06. The van der Waals surface area contributed by atoms with Crippen molar-refractivity contribution in [1.82, 2.24) is 9.80 Å². The lowest BCUT2D eigenvalue weighted by molar-refractivity contribution is 0.122. The lowest BCUT2D eigenvalue weighted by atomic mass is 10.1. The Kier molecular flexibility index (Phi) is 5.72. The second kappa shape index (κ2) is 7.79. The summed E-state index contributed by atoms with van der Waals surface area (Å²) in [7, 11) is 0. The van der Waals surface area contributed by atoms with Gasteiger partial charge in [-0.25, -0.2) is 8.78 Å². The van der Waals surface area contributed by atoms with Gasteiger partial charge in [0.05, 0.1) is 0 Å². The molecule has 0 amide bonds. The highest BCUT2D eigenvalue weighted by Gasteiger charge is 2.19. The van der Waals surface area contributed by atoms with Crippen molar-refractivity contribution in [3.8, 4) is 0 Å². The second-order valence-electron chi connectivity index (χ2n) is 6.02. The fourth-order valence-electron chi connectivity index (χ4n) is 2.89. The standard InChI is InChI=1S/C18H18Cl2F2N2/c19-17-9-15(21)3-1-13(17)11-23-5-7-24(8-6-23)12-14-2-4-16(22)10-18(14)20/h1-4,9-10H,5-8,11-12H2. The molecule has 0 aliphatic carbocycles. The molecule has 128 valence electrons. The van der Waals surface area contributed by atoms with Crippen LogP contribution in [0.4, 0.5) is 8.78 Å². The maximum atomic E-state index is 13.1. The van der Waals surface area contributed by atoms with Crippen molar-refractivity contribution in [2.45, 2.75) is 13.1 Å². The molecule has 0 saturated carbocycles. The zero-order valence-electron chi connectivity index (χ0n) is 13.1. The molecular formula is C18H18Cl2F2N2. The Bertz CT molecular complexity index is 655. The van der Waals surface area contributed by atoms with E-state index in [0.29, 0.717) is 23.1 Å². The average molecular weight is 371 g/mol. The van der Waals surface area contributed by atoms with E-state index in [2.05, 4.69) is 9.80 Å². The maximum absolute atomic E-state index is 13.1. The van der Waals surface area contributed by atoms with Gasteiger partial charge in [0, 0.05) is 49.3 Å². The van der Waals surface area contributed by atoms with E-state index in [4.69, 9.17) is 23.2 Å². The predicted molar refractivity (Wildman–Crippen MR) is 93.4 cm³/mol. The summed E-state index contributed by atoms with van der Waals surface area (Å²) in [6.45, 7) is 5.01. The largest absolute Gasteiger partial charge is 0.296 e. The summed E-state index contributed by atoms with van der Waals surface area (Å²) in [5.41, 5.74) is 1.88. The first-order chi connectivity index (χ1) is 11.5. The highest BCUT2D eigenvalue weighted by molar-refractivity contribution is 6.31. The molecule has 0 N–H and O–H groups in total. The maximum Gasteiger partial charge on any atom is 0.124 e. The minimum absolute atomic E-state index is 0.315. The summed E-state index contributed by atoms with van der Waals surface area (Å²) < 4.78 is 26.2. The van der Waals surface area contributed by atoms with Crippen molar-refractivity contribution < 1.29 is 8.78 Å². The van der Waals surface area contributed by atoms with Crippen LogP contribution in [0.2, 0.25) is 10.0 Å². The molecule has 1 saturated heterocycles. The summed E-state index contributed by atoms with van der Waals surface area (Å²) in [5, 5.41) is 0.936. The number of hydrogen-bond acceptors (Lipinski definition) is 2. The molecule has 0 bridgehead atoms. The summed E-state index contributed by atoms with van der Waals surface area (Å²) in [4.78, 5) is 4.59. The Balaban J connectivity index is 1.54. The van der Waals surface area contributed by atoms with Gasteiger partial charge in [-0.15, -0.1) is 0 Å². The molecule has 2 aromatic carbocycles. The molecule has 6 heteroatoms. The zero-order valence-corrected chi connectivity index (χ0v) is 14.6. The molecule has 24 heavy (non-hydrogen) atoms. The molecule has 2 aromatic rings. The van der Waals surface area contributed by atoms with Gasteiger partial charge in [0.15, 0.2) is 0 Å².